The third-order valence-electron chi connectivity index (χ3n) is 3.42. The molecule has 5 heteroatoms. The molecule has 0 aromatic heterocycles. The first-order valence-corrected chi connectivity index (χ1v) is 6.99. The lowest BCUT2D eigenvalue weighted by molar-refractivity contribution is -0.123. The van der Waals surface area contributed by atoms with E-state index in [9.17, 15) is 4.79 Å². The Morgan fingerprint density at radius 3 is 3.05 bits per heavy atom. The van der Waals surface area contributed by atoms with Crippen LogP contribution in [0.5, 0.6) is 0 Å². The number of carbonyl (C=O) groups excluding carboxylic acids is 1. The van der Waals surface area contributed by atoms with Gasteiger partial charge in [0, 0.05) is 37.2 Å². The minimum absolute atomic E-state index is 0.0497. The number of carbonyl (C=O) groups is 1. The van der Waals surface area contributed by atoms with Crippen molar-refractivity contribution >= 4 is 17.5 Å². The van der Waals surface area contributed by atoms with Crippen LogP contribution in [0.3, 0.4) is 0 Å². The number of hydrogen-bond acceptors (Lipinski definition) is 3. The molecule has 1 aliphatic heterocycles. The lowest BCUT2D eigenvalue weighted by Gasteiger charge is -2.33. The molecule has 1 aromatic rings. The van der Waals surface area contributed by atoms with Crippen molar-refractivity contribution in [1.29, 1.82) is 0 Å². The van der Waals surface area contributed by atoms with Crippen molar-refractivity contribution < 1.29 is 4.79 Å². The maximum atomic E-state index is 11.9. The van der Waals surface area contributed by atoms with Gasteiger partial charge in [-0.05, 0) is 18.6 Å². The first kappa shape index (κ1) is 14.3. The van der Waals surface area contributed by atoms with Crippen LogP contribution >= 0.6 is 11.6 Å². The Kier molecular flexibility index (Phi) is 5.19. The molecule has 1 aromatic carbocycles. The standard InChI is InChI=1S/C14H20ClN3O/c1-11-8-16-6-7-18(11)10-14(19)17-9-12-4-2-3-5-13(12)15/h2-5,11,16H,6-10H2,1H3,(H,17,19). The number of hydrogen-bond donors (Lipinski definition) is 2. The minimum atomic E-state index is 0.0497. The normalized spacial score (nSPS) is 20.2. The van der Waals surface area contributed by atoms with Crippen LogP contribution in [0.4, 0.5) is 0 Å². The fourth-order valence-electron chi connectivity index (χ4n) is 2.19. The molecule has 19 heavy (non-hydrogen) atoms. The second kappa shape index (κ2) is 6.89. The largest absolute Gasteiger partial charge is 0.351 e. The Morgan fingerprint density at radius 2 is 2.32 bits per heavy atom. The van der Waals surface area contributed by atoms with E-state index in [1.54, 1.807) is 0 Å². The zero-order valence-electron chi connectivity index (χ0n) is 11.2. The van der Waals surface area contributed by atoms with Crippen molar-refractivity contribution in [3.8, 4) is 0 Å². The number of piperazine rings is 1. The number of amides is 1. The van der Waals surface area contributed by atoms with Crippen LogP contribution in [0.2, 0.25) is 5.02 Å². The van der Waals surface area contributed by atoms with Crippen molar-refractivity contribution in [3.05, 3.63) is 34.9 Å². The zero-order valence-corrected chi connectivity index (χ0v) is 11.9. The third kappa shape index (κ3) is 4.20. The van der Waals surface area contributed by atoms with Crippen LogP contribution in [-0.2, 0) is 11.3 Å². The summed E-state index contributed by atoms with van der Waals surface area (Å²) in [6.45, 7) is 5.88. The monoisotopic (exact) mass is 281 g/mol. The van der Waals surface area contributed by atoms with Crippen molar-refractivity contribution in [2.24, 2.45) is 0 Å². The number of halogens is 1. The third-order valence-corrected chi connectivity index (χ3v) is 3.79. The highest BCUT2D eigenvalue weighted by Gasteiger charge is 2.19. The van der Waals surface area contributed by atoms with Gasteiger partial charge in [0.2, 0.25) is 5.91 Å². The molecule has 1 heterocycles. The molecule has 1 fully saturated rings. The van der Waals surface area contributed by atoms with E-state index < -0.39 is 0 Å². The van der Waals surface area contributed by atoms with Gasteiger partial charge < -0.3 is 10.6 Å². The van der Waals surface area contributed by atoms with Crippen LogP contribution in [0.1, 0.15) is 12.5 Å². The molecule has 104 valence electrons. The summed E-state index contributed by atoms with van der Waals surface area (Å²) in [5.41, 5.74) is 0.950. The van der Waals surface area contributed by atoms with E-state index in [4.69, 9.17) is 11.6 Å². The van der Waals surface area contributed by atoms with Gasteiger partial charge in [-0.2, -0.15) is 0 Å². The summed E-state index contributed by atoms with van der Waals surface area (Å²) in [5.74, 6) is 0.0497. The van der Waals surface area contributed by atoms with E-state index in [1.165, 1.54) is 0 Å². The van der Waals surface area contributed by atoms with Gasteiger partial charge in [-0.3, -0.25) is 9.69 Å². The second-order valence-corrected chi connectivity index (χ2v) is 5.30. The maximum absolute atomic E-state index is 11.9. The second-order valence-electron chi connectivity index (χ2n) is 4.89. The molecular weight excluding hydrogens is 262 g/mol. The molecule has 1 aliphatic rings. The summed E-state index contributed by atoms with van der Waals surface area (Å²) in [6.07, 6.45) is 0. The molecule has 1 amide bonds. The summed E-state index contributed by atoms with van der Waals surface area (Å²) >= 11 is 6.05. The topological polar surface area (TPSA) is 44.4 Å². The maximum Gasteiger partial charge on any atom is 0.234 e. The average molecular weight is 282 g/mol. The molecule has 0 spiro atoms. The highest BCUT2D eigenvalue weighted by Crippen LogP contribution is 2.14. The predicted molar refractivity (Wildman–Crippen MR) is 77.2 cm³/mol. The fraction of sp³-hybridized carbons (Fsp3) is 0.500. The van der Waals surface area contributed by atoms with Crippen molar-refractivity contribution in [1.82, 2.24) is 15.5 Å². The summed E-state index contributed by atoms with van der Waals surface area (Å²) in [7, 11) is 0. The molecule has 1 atom stereocenters. The quantitative estimate of drug-likeness (QED) is 0.873. The number of nitrogens with one attached hydrogen (secondary N) is 2. The number of nitrogens with zero attached hydrogens (tertiary/aromatic N) is 1. The molecule has 0 saturated carbocycles. The molecular formula is C14H20ClN3O. The number of rotatable bonds is 4. The highest BCUT2D eigenvalue weighted by atomic mass is 35.5. The molecule has 1 saturated heterocycles. The highest BCUT2D eigenvalue weighted by molar-refractivity contribution is 6.31. The lowest BCUT2D eigenvalue weighted by Crippen LogP contribution is -2.52. The predicted octanol–water partition coefficient (Wildman–Crippen LogP) is 1.25. The summed E-state index contributed by atoms with van der Waals surface area (Å²) in [5, 5.41) is 6.93. The minimum Gasteiger partial charge on any atom is -0.351 e. The molecule has 2 rings (SSSR count). The van der Waals surface area contributed by atoms with Crippen LogP contribution < -0.4 is 10.6 Å². The van der Waals surface area contributed by atoms with Gasteiger partial charge in [0.1, 0.15) is 0 Å². The molecule has 0 aliphatic carbocycles. The van der Waals surface area contributed by atoms with Gasteiger partial charge in [-0.1, -0.05) is 29.8 Å². The van der Waals surface area contributed by atoms with Crippen molar-refractivity contribution in [3.63, 3.8) is 0 Å². The summed E-state index contributed by atoms with van der Waals surface area (Å²) in [6, 6.07) is 7.97. The molecule has 1 unspecified atom stereocenters. The van der Waals surface area contributed by atoms with E-state index in [0.717, 1.165) is 25.2 Å². The molecule has 0 radical (unpaired) electrons. The molecule has 0 bridgehead atoms. The van der Waals surface area contributed by atoms with E-state index in [2.05, 4.69) is 22.5 Å². The van der Waals surface area contributed by atoms with Gasteiger partial charge in [-0.15, -0.1) is 0 Å². The molecule has 2 N–H and O–H groups in total. The smallest absolute Gasteiger partial charge is 0.234 e. The lowest BCUT2D eigenvalue weighted by atomic mass is 10.2. The van der Waals surface area contributed by atoms with Gasteiger partial charge in [0.25, 0.3) is 0 Å². The Morgan fingerprint density at radius 1 is 1.53 bits per heavy atom. The van der Waals surface area contributed by atoms with Crippen LogP contribution in [-0.4, -0.2) is 43.0 Å². The van der Waals surface area contributed by atoms with Gasteiger partial charge >= 0.3 is 0 Å². The Hall–Kier alpha value is -1.10. The van der Waals surface area contributed by atoms with E-state index in [-0.39, 0.29) is 5.91 Å². The fourth-order valence-corrected chi connectivity index (χ4v) is 2.40. The van der Waals surface area contributed by atoms with Crippen LogP contribution in [0.15, 0.2) is 24.3 Å². The Bertz CT molecular complexity index is 438. The van der Waals surface area contributed by atoms with E-state index in [1.807, 2.05) is 24.3 Å². The first-order chi connectivity index (χ1) is 9.16. The van der Waals surface area contributed by atoms with Crippen LogP contribution in [0, 0.1) is 0 Å². The average Bonchev–Trinajstić information content (AvgIpc) is 2.40. The van der Waals surface area contributed by atoms with E-state index in [0.29, 0.717) is 24.2 Å². The zero-order chi connectivity index (χ0) is 13.7. The SMILES string of the molecule is CC1CNCCN1CC(=O)NCc1ccccc1Cl. The number of benzene rings is 1. The Balaban J connectivity index is 1.80. The first-order valence-electron chi connectivity index (χ1n) is 6.61. The molecule has 4 nitrogen and oxygen atoms in total. The van der Waals surface area contributed by atoms with Gasteiger partial charge in [0.05, 0.1) is 6.54 Å². The van der Waals surface area contributed by atoms with Gasteiger partial charge in [-0.25, -0.2) is 0 Å². The van der Waals surface area contributed by atoms with Crippen molar-refractivity contribution in [2.45, 2.75) is 19.5 Å². The summed E-state index contributed by atoms with van der Waals surface area (Å²) in [4.78, 5) is 14.1. The van der Waals surface area contributed by atoms with Crippen molar-refractivity contribution in [2.75, 3.05) is 26.2 Å². The Labute approximate surface area is 119 Å². The van der Waals surface area contributed by atoms with E-state index >= 15 is 0 Å². The van der Waals surface area contributed by atoms with Gasteiger partial charge in [0.15, 0.2) is 0 Å². The summed E-state index contributed by atoms with van der Waals surface area (Å²) < 4.78 is 0. The van der Waals surface area contributed by atoms with Crippen LogP contribution in [0.25, 0.3) is 0 Å².